The molecule has 25 heavy (non-hydrogen) atoms. The fourth-order valence-electron chi connectivity index (χ4n) is 2.84. The van der Waals surface area contributed by atoms with E-state index in [4.69, 9.17) is 4.74 Å². The summed E-state index contributed by atoms with van der Waals surface area (Å²) in [6.45, 7) is 0.471. The van der Waals surface area contributed by atoms with Gasteiger partial charge in [0.15, 0.2) is 0 Å². The second-order valence-corrected chi connectivity index (χ2v) is 5.93. The van der Waals surface area contributed by atoms with Crippen molar-refractivity contribution in [1.29, 1.82) is 0 Å². The number of rotatable bonds is 6. The van der Waals surface area contributed by atoms with Crippen LogP contribution in [0, 0.1) is 0 Å². The highest BCUT2D eigenvalue weighted by molar-refractivity contribution is 5.85. The van der Waals surface area contributed by atoms with Crippen molar-refractivity contribution >= 4 is 16.7 Å². The maximum Gasteiger partial charge on any atom is 0.242 e. The Bertz CT molecular complexity index is 888. The van der Waals surface area contributed by atoms with E-state index in [1.165, 1.54) is 0 Å². The molecule has 130 valence electrons. The van der Waals surface area contributed by atoms with Crippen LogP contribution in [0.2, 0.25) is 0 Å². The Balaban J connectivity index is 1.69. The predicted molar refractivity (Wildman–Crippen MR) is 97.4 cm³/mol. The third kappa shape index (κ3) is 3.80. The quantitative estimate of drug-likeness (QED) is 0.723. The Morgan fingerprint density at radius 1 is 1.24 bits per heavy atom. The van der Waals surface area contributed by atoms with E-state index in [2.05, 4.69) is 21.8 Å². The van der Waals surface area contributed by atoms with Gasteiger partial charge < -0.3 is 15.4 Å². The topological polar surface area (TPSA) is 68.2 Å². The van der Waals surface area contributed by atoms with E-state index >= 15 is 0 Å². The molecule has 1 heterocycles. The average molecular weight is 338 g/mol. The lowest BCUT2D eigenvalue weighted by atomic mass is 10.1. The highest BCUT2D eigenvalue weighted by Crippen LogP contribution is 2.22. The first kappa shape index (κ1) is 17.0. The van der Waals surface area contributed by atoms with E-state index in [-0.39, 0.29) is 5.91 Å². The van der Waals surface area contributed by atoms with Gasteiger partial charge >= 0.3 is 0 Å². The molecule has 6 nitrogen and oxygen atoms in total. The van der Waals surface area contributed by atoms with Crippen molar-refractivity contribution in [2.45, 2.75) is 12.6 Å². The molecule has 1 aromatic heterocycles. The second-order valence-electron chi connectivity index (χ2n) is 5.93. The standard InChI is InChI=1S/C19H22N4O2/c1-20-18(16-11-22-23(2)12-16)19(24)21-10-13-4-5-15-9-17(25-3)7-6-14(15)8-13/h4-9,11-12,18,20H,10H2,1-3H3,(H,21,24). The molecular formula is C19H22N4O2. The van der Waals surface area contributed by atoms with Gasteiger partial charge in [0.05, 0.1) is 13.3 Å². The summed E-state index contributed by atoms with van der Waals surface area (Å²) in [5.74, 6) is 0.757. The van der Waals surface area contributed by atoms with Gasteiger partial charge in [0.2, 0.25) is 5.91 Å². The number of aromatic nitrogens is 2. The van der Waals surface area contributed by atoms with E-state index in [1.807, 2.05) is 43.6 Å². The van der Waals surface area contributed by atoms with Crippen LogP contribution in [0.1, 0.15) is 17.2 Å². The largest absolute Gasteiger partial charge is 0.497 e. The van der Waals surface area contributed by atoms with E-state index in [1.54, 1.807) is 25.0 Å². The number of hydrogen-bond donors (Lipinski definition) is 2. The van der Waals surface area contributed by atoms with Gasteiger partial charge in [-0.1, -0.05) is 18.2 Å². The molecule has 0 saturated carbocycles. The Hall–Kier alpha value is -2.86. The van der Waals surface area contributed by atoms with Crippen molar-refractivity contribution in [1.82, 2.24) is 20.4 Å². The number of methoxy groups -OCH3 is 1. The minimum Gasteiger partial charge on any atom is -0.497 e. The predicted octanol–water partition coefficient (Wildman–Crippen LogP) is 2.16. The first-order valence-corrected chi connectivity index (χ1v) is 8.11. The minimum atomic E-state index is -0.418. The number of carbonyl (C=O) groups excluding carboxylic acids is 1. The number of fused-ring (bicyclic) bond motifs is 1. The molecule has 0 aliphatic heterocycles. The lowest BCUT2D eigenvalue weighted by Crippen LogP contribution is -2.35. The lowest BCUT2D eigenvalue weighted by molar-refractivity contribution is -0.123. The number of amides is 1. The van der Waals surface area contributed by atoms with Crippen LogP contribution in [-0.2, 0) is 18.4 Å². The molecule has 3 aromatic rings. The van der Waals surface area contributed by atoms with Crippen LogP contribution < -0.4 is 15.4 Å². The highest BCUT2D eigenvalue weighted by atomic mass is 16.5. The van der Waals surface area contributed by atoms with Crippen molar-refractivity contribution in [2.75, 3.05) is 14.2 Å². The van der Waals surface area contributed by atoms with Crippen molar-refractivity contribution in [3.05, 3.63) is 59.9 Å². The van der Waals surface area contributed by atoms with Crippen molar-refractivity contribution in [3.8, 4) is 5.75 Å². The van der Waals surface area contributed by atoms with Gasteiger partial charge in [0.25, 0.3) is 0 Å². The van der Waals surface area contributed by atoms with Crippen LogP contribution in [0.15, 0.2) is 48.8 Å². The van der Waals surface area contributed by atoms with Gasteiger partial charge in [0, 0.05) is 25.4 Å². The Kier molecular flexibility index (Phi) is 5.00. The summed E-state index contributed by atoms with van der Waals surface area (Å²) in [7, 11) is 5.25. The van der Waals surface area contributed by atoms with E-state index < -0.39 is 6.04 Å². The second kappa shape index (κ2) is 7.36. The van der Waals surface area contributed by atoms with Crippen molar-refractivity contribution in [2.24, 2.45) is 7.05 Å². The smallest absolute Gasteiger partial charge is 0.242 e. The van der Waals surface area contributed by atoms with Crippen molar-refractivity contribution < 1.29 is 9.53 Å². The number of nitrogens with zero attached hydrogens (tertiary/aromatic N) is 2. The van der Waals surface area contributed by atoms with Crippen LogP contribution in [0.25, 0.3) is 10.8 Å². The maximum atomic E-state index is 12.5. The number of likely N-dealkylation sites (N-methyl/N-ethyl adjacent to an activating group) is 1. The number of hydrogen-bond acceptors (Lipinski definition) is 4. The van der Waals surface area contributed by atoms with Crippen LogP contribution >= 0.6 is 0 Å². The number of nitrogens with one attached hydrogen (secondary N) is 2. The monoisotopic (exact) mass is 338 g/mol. The maximum absolute atomic E-state index is 12.5. The summed E-state index contributed by atoms with van der Waals surface area (Å²) in [4.78, 5) is 12.5. The van der Waals surface area contributed by atoms with Gasteiger partial charge in [-0.3, -0.25) is 9.48 Å². The summed E-state index contributed by atoms with van der Waals surface area (Å²) in [5, 5.41) is 12.4. The summed E-state index contributed by atoms with van der Waals surface area (Å²) in [6.07, 6.45) is 3.54. The Morgan fingerprint density at radius 3 is 2.68 bits per heavy atom. The number of benzene rings is 2. The number of carbonyl (C=O) groups is 1. The molecule has 0 spiro atoms. The first-order valence-electron chi connectivity index (χ1n) is 8.11. The minimum absolute atomic E-state index is 0.0784. The van der Waals surface area contributed by atoms with Gasteiger partial charge in [-0.15, -0.1) is 0 Å². The van der Waals surface area contributed by atoms with Crippen LogP contribution in [-0.4, -0.2) is 29.8 Å². The average Bonchev–Trinajstić information content (AvgIpc) is 3.06. The number of aryl methyl sites for hydroxylation is 1. The first-order chi connectivity index (χ1) is 12.1. The Labute approximate surface area is 146 Å². The van der Waals surface area contributed by atoms with Crippen LogP contribution in [0.4, 0.5) is 0 Å². The fourth-order valence-corrected chi connectivity index (χ4v) is 2.84. The van der Waals surface area contributed by atoms with Gasteiger partial charge in [0.1, 0.15) is 11.8 Å². The fraction of sp³-hybridized carbons (Fsp3) is 0.263. The molecular weight excluding hydrogens is 316 g/mol. The molecule has 6 heteroatoms. The molecule has 0 fully saturated rings. The molecule has 1 atom stereocenters. The lowest BCUT2D eigenvalue weighted by Gasteiger charge is -2.15. The number of ether oxygens (including phenoxy) is 1. The Morgan fingerprint density at radius 2 is 2.00 bits per heavy atom. The molecule has 0 aliphatic rings. The van der Waals surface area contributed by atoms with E-state index in [0.29, 0.717) is 6.54 Å². The van der Waals surface area contributed by atoms with E-state index in [0.717, 1.165) is 27.6 Å². The third-order valence-electron chi connectivity index (χ3n) is 4.19. The summed E-state index contributed by atoms with van der Waals surface area (Å²) < 4.78 is 6.93. The van der Waals surface area contributed by atoms with E-state index in [9.17, 15) is 4.79 Å². The third-order valence-corrected chi connectivity index (χ3v) is 4.19. The SMILES string of the molecule is CNC(C(=O)NCc1ccc2cc(OC)ccc2c1)c1cnn(C)c1. The zero-order valence-corrected chi connectivity index (χ0v) is 14.6. The normalized spacial score (nSPS) is 12.1. The molecule has 2 N–H and O–H groups in total. The summed E-state index contributed by atoms with van der Waals surface area (Å²) >= 11 is 0. The zero-order valence-electron chi connectivity index (χ0n) is 14.6. The van der Waals surface area contributed by atoms with Crippen LogP contribution in [0.3, 0.4) is 0 Å². The van der Waals surface area contributed by atoms with Gasteiger partial charge in [-0.05, 0) is 41.6 Å². The highest BCUT2D eigenvalue weighted by Gasteiger charge is 2.19. The van der Waals surface area contributed by atoms with Crippen molar-refractivity contribution in [3.63, 3.8) is 0 Å². The molecule has 1 unspecified atom stereocenters. The van der Waals surface area contributed by atoms with Gasteiger partial charge in [-0.25, -0.2) is 0 Å². The molecule has 0 radical (unpaired) electrons. The van der Waals surface area contributed by atoms with Crippen LogP contribution in [0.5, 0.6) is 5.75 Å². The molecule has 3 rings (SSSR count). The molecule has 2 aromatic carbocycles. The molecule has 0 bridgehead atoms. The molecule has 0 saturated heterocycles. The molecule has 1 amide bonds. The summed E-state index contributed by atoms with van der Waals surface area (Å²) in [6, 6.07) is 11.7. The zero-order chi connectivity index (χ0) is 17.8. The van der Waals surface area contributed by atoms with Gasteiger partial charge in [-0.2, -0.15) is 5.10 Å². The molecule has 0 aliphatic carbocycles. The summed E-state index contributed by atoms with van der Waals surface area (Å²) in [5.41, 5.74) is 1.89.